The Morgan fingerprint density at radius 3 is 1.62 bits per heavy atom. The van der Waals surface area contributed by atoms with Crippen LogP contribution in [0.2, 0.25) is 0 Å². The van der Waals surface area contributed by atoms with E-state index in [2.05, 4.69) is 37.2 Å². The minimum atomic E-state index is -1.81. The molecule has 0 saturated heterocycles. The molecule has 5 aromatic rings. The number of phenolic OH excluding ortho intramolecular Hbond substituents is 1. The molecule has 29 heteroatoms. The Labute approximate surface area is 614 Å². The van der Waals surface area contributed by atoms with Gasteiger partial charge >= 0.3 is 23.9 Å². The number of nitro benzene ring substituents is 1. The molecule has 7 amide bonds. The van der Waals surface area contributed by atoms with Crippen LogP contribution in [0.3, 0.4) is 0 Å². The molecule has 1 unspecified atom stereocenters. The van der Waals surface area contributed by atoms with Gasteiger partial charge in [-0.2, -0.15) is 0 Å². The predicted octanol–water partition coefficient (Wildman–Crippen LogP) is 8.62. The molecule has 0 fully saturated rings. The van der Waals surface area contributed by atoms with Gasteiger partial charge in [-0.05, 0) is 167 Å². The normalized spacial score (nSPS) is 15.0. The summed E-state index contributed by atoms with van der Waals surface area (Å²) in [5.74, 6) is -10.2. The summed E-state index contributed by atoms with van der Waals surface area (Å²) < 4.78 is 29.6. The minimum absolute atomic E-state index is 0.0185. The van der Waals surface area contributed by atoms with Crippen LogP contribution >= 0.6 is 0 Å². The van der Waals surface area contributed by atoms with Crippen molar-refractivity contribution in [2.45, 2.75) is 212 Å². The molecule has 2 aliphatic heterocycles. The molecule has 5 aromatic carbocycles. The average molecular weight is 1470 g/mol. The van der Waals surface area contributed by atoms with Gasteiger partial charge in [0.25, 0.3) is 5.69 Å². The second-order valence-electron chi connectivity index (χ2n) is 29.3. The molecule has 106 heavy (non-hydrogen) atoms. The number of carbonyl (C=O) groups is 12. The van der Waals surface area contributed by atoms with Gasteiger partial charge in [0.05, 0.1) is 23.3 Å². The number of amides is 7. The number of anilines is 2. The minimum Gasteiger partial charge on any atom is -0.508 e. The highest BCUT2D eigenvalue weighted by Crippen LogP contribution is 2.57. The van der Waals surface area contributed by atoms with Crippen LogP contribution in [0.15, 0.2) is 109 Å². The summed E-state index contributed by atoms with van der Waals surface area (Å²) in [6.45, 7) is 17.9. The molecule has 2 heterocycles. The maximum Gasteiger partial charge on any atom is 0.340 e. The van der Waals surface area contributed by atoms with Crippen LogP contribution in [0, 0.1) is 16.0 Å². The highest BCUT2D eigenvalue weighted by molar-refractivity contribution is 6.03. The monoisotopic (exact) mass is 1470 g/mol. The number of nitrogens with two attached hydrogens (primary N) is 1. The Kier molecular flexibility index (Phi) is 28.0. The highest BCUT2D eigenvalue weighted by atomic mass is 16.6. The van der Waals surface area contributed by atoms with Crippen molar-refractivity contribution < 1.29 is 91.2 Å². The maximum atomic E-state index is 14.9. The van der Waals surface area contributed by atoms with Crippen LogP contribution < -0.4 is 47.7 Å². The molecule has 0 bridgehead atoms. The molecule has 7 rings (SSSR count). The molecule has 6 atom stereocenters. The number of unbranched alkanes of at least 4 members (excludes halogenated alkanes) is 3. The van der Waals surface area contributed by atoms with E-state index in [1.165, 1.54) is 66.7 Å². The summed E-state index contributed by atoms with van der Waals surface area (Å²) >= 11 is 0. The van der Waals surface area contributed by atoms with E-state index in [9.17, 15) is 72.8 Å². The van der Waals surface area contributed by atoms with Gasteiger partial charge in [0.15, 0.2) is 11.4 Å². The van der Waals surface area contributed by atoms with E-state index in [1.54, 1.807) is 119 Å². The Balaban J connectivity index is 1.14. The number of nitrogens with one attached hydrogen (secondary N) is 7. The second kappa shape index (κ2) is 36.1. The van der Waals surface area contributed by atoms with E-state index in [4.69, 9.17) is 29.4 Å². The SMILES string of the molecule is CC(C)[C@H](NC(=O)[C@H](CCC(=O)OC(C)(C)C)NC(=O)[C@H](CC(=O)OC(C)(C)C)NC(=O)[C@H](Cc1ccc(O)cc1)NC(=O)CCCCCN)C(=O)N[C@@H](CC(=O)OC(C)(C)C)C(=O)Nc1ccc2c(c1)Oc1cc(NC(=O)CCCCC(=O)c3ccc([N+](=O)[O-])cc3)ccc1C21OC(=O)c2ccccc21. The van der Waals surface area contributed by atoms with Crippen molar-refractivity contribution in [2.75, 3.05) is 17.2 Å². The van der Waals surface area contributed by atoms with E-state index >= 15 is 0 Å². The first-order valence-corrected chi connectivity index (χ1v) is 35.1. The lowest BCUT2D eigenvalue weighted by molar-refractivity contribution is -0.384. The molecular weight excluding hydrogens is 1370 g/mol. The number of hydrogen-bond donors (Lipinski definition) is 9. The summed E-state index contributed by atoms with van der Waals surface area (Å²) in [6.07, 6.45) is -0.154. The van der Waals surface area contributed by atoms with Crippen LogP contribution in [-0.4, -0.2) is 135 Å². The highest BCUT2D eigenvalue weighted by Gasteiger charge is 2.54. The first-order chi connectivity index (χ1) is 49.8. The largest absolute Gasteiger partial charge is 0.508 e. The number of fused-ring (bicyclic) bond motifs is 6. The number of hydrogen-bond acceptors (Lipinski definition) is 21. The molecule has 10 N–H and O–H groups in total. The van der Waals surface area contributed by atoms with Crippen LogP contribution in [0.1, 0.15) is 196 Å². The van der Waals surface area contributed by atoms with Crippen molar-refractivity contribution in [1.29, 1.82) is 0 Å². The van der Waals surface area contributed by atoms with Gasteiger partial charge in [-0.25, -0.2) is 4.79 Å². The zero-order chi connectivity index (χ0) is 78.0. The molecule has 0 aromatic heterocycles. The molecule has 568 valence electrons. The average Bonchev–Trinajstić information content (AvgIpc) is 1.49. The number of rotatable bonds is 34. The number of ether oxygens (including phenoxy) is 5. The second-order valence-corrected chi connectivity index (χ2v) is 29.3. The Bertz CT molecular complexity index is 4100. The number of nitro groups is 1. The fourth-order valence-corrected chi connectivity index (χ4v) is 11.8. The fraction of sp³-hybridized carbons (Fsp3) is 0.455. The third kappa shape index (κ3) is 23.7. The van der Waals surface area contributed by atoms with Gasteiger partial charge in [-0.3, -0.25) is 62.9 Å². The number of esters is 4. The van der Waals surface area contributed by atoms with Gasteiger partial charge in [0, 0.05) is 90.0 Å². The molecule has 2 aliphatic rings. The quantitative estimate of drug-likeness (QED) is 0.00464. The lowest BCUT2D eigenvalue weighted by Gasteiger charge is -2.37. The van der Waals surface area contributed by atoms with E-state index in [0.717, 1.165) is 0 Å². The molecule has 0 saturated carbocycles. The first kappa shape index (κ1) is 82.2. The fourth-order valence-electron chi connectivity index (χ4n) is 11.8. The maximum absolute atomic E-state index is 14.9. The van der Waals surface area contributed by atoms with Crippen LogP contribution in [0.5, 0.6) is 17.2 Å². The lowest BCUT2D eigenvalue weighted by atomic mass is 9.77. The van der Waals surface area contributed by atoms with Crippen molar-refractivity contribution in [3.63, 3.8) is 0 Å². The van der Waals surface area contributed by atoms with Gasteiger partial charge in [-0.1, -0.05) is 50.6 Å². The Hall–Kier alpha value is -11.1. The number of ketones is 1. The Morgan fingerprint density at radius 1 is 0.538 bits per heavy atom. The number of phenols is 1. The summed E-state index contributed by atoms with van der Waals surface area (Å²) in [5.41, 5.74) is 3.28. The third-order valence-corrected chi connectivity index (χ3v) is 16.6. The number of benzene rings is 5. The van der Waals surface area contributed by atoms with Crippen molar-refractivity contribution in [3.8, 4) is 17.2 Å². The van der Waals surface area contributed by atoms with Crippen molar-refractivity contribution in [3.05, 3.63) is 153 Å². The van der Waals surface area contributed by atoms with Crippen LogP contribution in [0.4, 0.5) is 17.1 Å². The first-order valence-electron chi connectivity index (χ1n) is 35.1. The molecular formula is C77H95N9O20. The summed E-state index contributed by atoms with van der Waals surface area (Å²) in [6, 6.07) is 18.9. The zero-order valence-corrected chi connectivity index (χ0v) is 61.5. The number of non-ortho nitro benzene ring substituents is 1. The van der Waals surface area contributed by atoms with Crippen molar-refractivity contribution in [1.82, 2.24) is 26.6 Å². The molecule has 1 spiro atoms. The molecule has 29 nitrogen and oxygen atoms in total. The number of Topliss-reactive ketones (excluding diaryl/α,β-unsaturated/α-hetero) is 1. The lowest BCUT2D eigenvalue weighted by Crippen LogP contribution is -2.60. The molecule has 0 radical (unpaired) electrons. The summed E-state index contributed by atoms with van der Waals surface area (Å²) in [7, 11) is 0. The number of nitrogens with zero attached hydrogens (tertiary/aromatic N) is 1. The number of aromatic hydroxyl groups is 1. The van der Waals surface area contributed by atoms with E-state index in [0.29, 0.717) is 66.5 Å². The van der Waals surface area contributed by atoms with Gasteiger partial charge in [0.1, 0.15) is 64.3 Å². The topological polar surface area (TPSA) is 425 Å². The van der Waals surface area contributed by atoms with Crippen LogP contribution in [-0.2, 0) is 78.9 Å². The summed E-state index contributed by atoms with van der Waals surface area (Å²) in [5, 5.41) is 39.7. The standard InChI is InChI=1S/C77H95N9O20/c1-44(2)67(85-68(94)55(36-37-64(91)103-74(3,4)5)82-71(97)58(43-66(93)105-76(9,10)11)83-70(96)56(39-45-24-32-50(87)33-25-45)81-63(90)22-13-12-18-38-78)72(98)84-57(42-65(92)104-75(6,7)8)69(95)80-48-29-35-54-61(41-48)102-60-40-47(28-34-53(60)77(54)52-20-15-14-19-51(52)73(99)106-77)79-62(89)23-17-16-21-59(88)46-26-30-49(31-27-46)86(100)101/h14-15,19-20,24-35,40-41,44,55-58,67,87H,12-13,16-18,21-23,36-39,42-43,78H2,1-11H3,(H,79,89)(H,80,95)(H,81,90)(H,82,97)(H,83,96)(H,84,98)(H,85,94)/t55-,56-,57-,58-,67-,77?/m0/s1. The smallest absolute Gasteiger partial charge is 0.340 e. The molecule has 0 aliphatic carbocycles. The van der Waals surface area contributed by atoms with Crippen molar-refractivity contribution in [2.24, 2.45) is 11.7 Å². The summed E-state index contributed by atoms with van der Waals surface area (Å²) in [4.78, 5) is 178. The van der Waals surface area contributed by atoms with E-state index in [-0.39, 0.29) is 71.3 Å². The van der Waals surface area contributed by atoms with Gasteiger partial charge < -0.3 is 71.7 Å². The van der Waals surface area contributed by atoms with Crippen molar-refractivity contribution >= 4 is 88.1 Å². The van der Waals surface area contributed by atoms with E-state index in [1.807, 2.05) is 0 Å². The predicted molar refractivity (Wildman–Crippen MR) is 388 cm³/mol. The van der Waals surface area contributed by atoms with Gasteiger partial charge in [0.2, 0.25) is 41.4 Å². The Morgan fingerprint density at radius 2 is 1.05 bits per heavy atom. The number of carbonyl (C=O) groups excluding carboxylic acids is 12. The van der Waals surface area contributed by atoms with Crippen LogP contribution in [0.25, 0.3) is 0 Å². The third-order valence-electron chi connectivity index (χ3n) is 16.6. The van der Waals surface area contributed by atoms with Gasteiger partial charge in [-0.15, -0.1) is 0 Å². The zero-order valence-electron chi connectivity index (χ0n) is 61.5. The van der Waals surface area contributed by atoms with E-state index < -0.39 is 154 Å².